The number of ether oxygens (including phenoxy) is 2. The second kappa shape index (κ2) is 4.56. The van der Waals surface area contributed by atoms with Crippen molar-refractivity contribution in [2.75, 3.05) is 25.7 Å². The molecule has 1 aromatic heterocycles. The van der Waals surface area contributed by atoms with Crippen molar-refractivity contribution in [3.63, 3.8) is 0 Å². The lowest BCUT2D eigenvalue weighted by atomic mass is 10.0. The van der Waals surface area contributed by atoms with Crippen LogP contribution in [0.4, 0.5) is 5.69 Å². The van der Waals surface area contributed by atoms with Gasteiger partial charge in [0.15, 0.2) is 11.5 Å². The summed E-state index contributed by atoms with van der Waals surface area (Å²) in [5.41, 5.74) is 2.41. The van der Waals surface area contributed by atoms with Crippen LogP contribution < -0.4 is 14.4 Å². The Kier molecular flexibility index (Phi) is 2.85. The molecule has 6 nitrogen and oxygen atoms in total. The van der Waals surface area contributed by atoms with E-state index in [4.69, 9.17) is 9.47 Å². The fourth-order valence-corrected chi connectivity index (χ4v) is 2.79. The molecule has 0 saturated heterocycles. The number of amides is 1. The minimum absolute atomic E-state index is 0.497. The molecule has 0 radical (unpaired) electrons. The average molecular weight is 274 g/mol. The number of rotatable bonds is 4. The van der Waals surface area contributed by atoms with Crippen LogP contribution in [-0.2, 0) is 16.0 Å². The third kappa shape index (κ3) is 1.51. The lowest BCUT2D eigenvalue weighted by Gasteiger charge is -2.25. The molecular weight excluding hydrogens is 260 g/mol. The molecule has 2 heterocycles. The van der Waals surface area contributed by atoms with Gasteiger partial charge in [0.05, 0.1) is 19.9 Å². The van der Waals surface area contributed by atoms with Crippen LogP contribution in [0.5, 0.6) is 11.5 Å². The first kappa shape index (κ1) is 12.5. The number of benzene rings is 1. The molecule has 20 heavy (non-hydrogen) atoms. The van der Waals surface area contributed by atoms with Crippen LogP contribution in [0.25, 0.3) is 10.9 Å². The van der Waals surface area contributed by atoms with Gasteiger partial charge in [-0.1, -0.05) is 0 Å². The molecule has 0 unspecified atom stereocenters. The monoisotopic (exact) mass is 274 g/mol. The molecule has 0 aliphatic carbocycles. The lowest BCUT2D eigenvalue weighted by Crippen LogP contribution is -2.27. The minimum Gasteiger partial charge on any atom is -0.493 e. The number of hydrogen-bond acceptors (Lipinski definition) is 4. The molecule has 3 rings (SSSR count). The number of carbonyl (C=O) groups is 2. The van der Waals surface area contributed by atoms with E-state index in [0.717, 1.165) is 29.5 Å². The quantitative estimate of drug-likeness (QED) is 0.786. The van der Waals surface area contributed by atoms with Crippen molar-refractivity contribution in [1.82, 2.24) is 4.57 Å². The van der Waals surface area contributed by atoms with Crippen molar-refractivity contribution in [3.05, 3.63) is 17.8 Å². The van der Waals surface area contributed by atoms with Gasteiger partial charge in [-0.05, 0) is 12.0 Å². The number of methoxy groups -OCH3 is 2. The fraction of sp³-hybridized carbons (Fsp3) is 0.286. The number of anilines is 1. The molecule has 1 aliphatic heterocycles. The summed E-state index contributed by atoms with van der Waals surface area (Å²) in [7, 11) is 3.06. The normalized spacial score (nSPS) is 13.4. The molecule has 1 aliphatic rings. The van der Waals surface area contributed by atoms with Gasteiger partial charge < -0.3 is 14.4 Å². The molecular formula is C14H14N2O4. The third-order valence-electron chi connectivity index (χ3n) is 3.67. The van der Waals surface area contributed by atoms with Crippen LogP contribution in [0.2, 0.25) is 0 Å². The van der Waals surface area contributed by atoms with Crippen molar-refractivity contribution in [3.8, 4) is 11.5 Å². The summed E-state index contributed by atoms with van der Waals surface area (Å²) in [4.78, 5) is 24.1. The number of aromatic nitrogens is 1. The first-order valence-electron chi connectivity index (χ1n) is 6.20. The van der Waals surface area contributed by atoms with Gasteiger partial charge in [-0.3, -0.25) is 14.2 Å². The molecule has 2 aromatic rings. The molecule has 0 fully saturated rings. The van der Waals surface area contributed by atoms with E-state index in [0.29, 0.717) is 30.0 Å². The van der Waals surface area contributed by atoms with Gasteiger partial charge >= 0.3 is 0 Å². The largest absolute Gasteiger partial charge is 0.493 e. The van der Waals surface area contributed by atoms with Crippen molar-refractivity contribution in [1.29, 1.82) is 0 Å². The Morgan fingerprint density at radius 3 is 2.60 bits per heavy atom. The average Bonchev–Trinajstić information content (AvgIpc) is 2.87. The topological polar surface area (TPSA) is 60.8 Å². The Morgan fingerprint density at radius 1 is 1.20 bits per heavy atom. The molecule has 0 spiro atoms. The smallest absolute Gasteiger partial charge is 0.218 e. The highest BCUT2D eigenvalue weighted by Gasteiger charge is 2.26. The first-order valence-corrected chi connectivity index (χ1v) is 6.20. The van der Waals surface area contributed by atoms with Gasteiger partial charge in [-0.25, -0.2) is 0 Å². The summed E-state index contributed by atoms with van der Waals surface area (Å²) in [6.07, 6.45) is 4.01. The van der Waals surface area contributed by atoms with Crippen molar-refractivity contribution in [2.45, 2.75) is 6.42 Å². The maximum Gasteiger partial charge on any atom is 0.218 e. The summed E-state index contributed by atoms with van der Waals surface area (Å²) in [5.74, 6) is 0.994. The van der Waals surface area contributed by atoms with Gasteiger partial charge in [0.1, 0.15) is 5.52 Å². The summed E-state index contributed by atoms with van der Waals surface area (Å²) in [6, 6.07) is 1.77. The van der Waals surface area contributed by atoms with Crippen LogP contribution in [0.15, 0.2) is 12.3 Å². The lowest BCUT2D eigenvalue weighted by molar-refractivity contribution is -0.107. The maximum absolute atomic E-state index is 11.3. The molecule has 6 heteroatoms. The van der Waals surface area contributed by atoms with E-state index >= 15 is 0 Å². The Hall–Kier alpha value is -2.50. The minimum atomic E-state index is 0.497. The molecule has 0 N–H and O–H groups in total. The molecule has 0 atom stereocenters. The van der Waals surface area contributed by atoms with Crippen LogP contribution in [-0.4, -0.2) is 38.2 Å². The third-order valence-corrected chi connectivity index (χ3v) is 3.67. The highest BCUT2D eigenvalue weighted by atomic mass is 16.5. The summed E-state index contributed by atoms with van der Waals surface area (Å²) in [6.45, 7) is 0.587. The SMILES string of the molecule is COc1cc2c3c(cn(C=O)c3c1OC)CCN2C=O. The van der Waals surface area contributed by atoms with Crippen molar-refractivity contribution >= 4 is 29.4 Å². The zero-order chi connectivity index (χ0) is 14.3. The van der Waals surface area contributed by atoms with Gasteiger partial charge in [-0.2, -0.15) is 0 Å². The van der Waals surface area contributed by atoms with Crippen molar-refractivity contribution in [2.24, 2.45) is 0 Å². The molecule has 1 amide bonds. The Balaban J connectivity index is 2.47. The Morgan fingerprint density at radius 2 is 2.00 bits per heavy atom. The predicted octanol–water partition coefficient (Wildman–Crippen LogP) is 1.22. The second-order valence-electron chi connectivity index (χ2n) is 4.57. The molecule has 1 aromatic carbocycles. The van der Waals surface area contributed by atoms with E-state index in [1.165, 1.54) is 18.8 Å². The fourth-order valence-electron chi connectivity index (χ4n) is 2.79. The number of hydrogen-bond donors (Lipinski definition) is 0. The Bertz CT molecular complexity index is 705. The summed E-state index contributed by atoms with van der Waals surface area (Å²) >= 11 is 0. The number of carbonyl (C=O) groups excluding carboxylic acids is 2. The van der Waals surface area contributed by atoms with E-state index in [9.17, 15) is 9.59 Å². The molecule has 0 bridgehead atoms. The summed E-state index contributed by atoms with van der Waals surface area (Å²) < 4.78 is 12.2. The van der Waals surface area contributed by atoms with E-state index in [-0.39, 0.29) is 0 Å². The van der Waals surface area contributed by atoms with Crippen LogP contribution >= 0.6 is 0 Å². The second-order valence-corrected chi connectivity index (χ2v) is 4.57. The molecule has 104 valence electrons. The zero-order valence-electron chi connectivity index (χ0n) is 11.3. The van der Waals surface area contributed by atoms with Crippen LogP contribution in [0.3, 0.4) is 0 Å². The van der Waals surface area contributed by atoms with Gasteiger partial charge in [0, 0.05) is 24.2 Å². The maximum atomic E-state index is 11.3. The Labute approximate surface area is 115 Å². The highest BCUT2D eigenvalue weighted by Crippen LogP contribution is 2.45. The highest BCUT2D eigenvalue weighted by molar-refractivity contribution is 6.07. The van der Waals surface area contributed by atoms with Gasteiger partial charge in [0.25, 0.3) is 0 Å². The summed E-state index contributed by atoms with van der Waals surface area (Å²) in [5, 5.41) is 0.869. The van der Waals surface area contributed by atoms with E-state index in [2.05, 4.69) is 0 Å². The standard InChI is InChI=1S/C14H14N2O4/c1-19-11-5-10-12-9(3-4-15(10)7-17)6-16(8-18)13(12)14(11)20-2/h5-8H,3-4H2,1-2H3. The van der Waals surface area contributed by atoms with Crippen molar-refractivity contribution < 1.29 is 19.1 Å². The van der Waals surface area contributed by atoms with Gasteiger partial charge in [0.2, 0.25) is 12.8 Å². The van der Waals surface area contributed by atoms with E-state index < -0.39 is 0 Å². The van der Waals surface area contributed by atoms with E-state index in [1.807, 2.05) is 0 Å². The predicted molar refractivity (Wildman–Crippen MR) is 74.3 cm³/mol. The van der Waals surface area contributed by atoms with E-state index in [1.54, 1.807) is 17.2 Å². The van der Waals surface area contributed by atoms with Gasteiger partial charge in [-0.15, -0.1) is 0 Å². The number of nitrogens with zero attached hydrogens (tertiary/aromatic N) is 2. The van der Waals surface area contributed by atoms with Crippen LogP contribution in [0.1, 0.15) is 5.56 Å². The van der Waals surface area contributed by atoms with Crippen LogP contribution in [0, 0.1) is 0 Å². The first-order chi connectivity index (χ1) is 9.74. The zero-order valence-corrected chi connectivity index (χ0v) is 11.3. The molecule has 0 saturated carbocycles.